The van der Waals surface area contributed by atoms with Crippen molar-refractivity contribution in [1.82, 2.24) is 0 Å². The molecule has 0 aliphatic heterocycles. The monoisotopic (exact) mass is 234 g/mol. The van der Waals surface area contributed by atoms with Crippen LogP contribution < -0.4 is 10.6 Å². The van der Waals surface area contributed by atoms with Crippen LogP contribution in [0.2, 0.25) is 0 Å². The van der Waals surface area contributed by atoms with Crippen molar-refractivity contribution in [2.75, 3.05) is 23.7 Å². The Hall–Kier alpha value is -1.51. The van der Waals surface area contributed by atoms with E-state index in [0.29, 0.717) is 12.5 Å². The maximum Gasteiger partial charge on any atom is 0.149 e. The molecule has 0 fully saturated rings. The molecule has 0 amide bonds. The van der Waals surface area contributed by atoms with Gasteiger partial charge in [0.05, 0.1) is 6.54 Å². The van der Waals surface area contributed by atoms with Crippen LogP contribution in [0.3, 0.4) is 0 Å². The van der Waals surface area contributed by atoms with Gasteiger partial charge in [-0.1, -0.05) is 13.8 Å². The number of rotatable bonds is 6. The average molecular weight is 234 g/mol. The van der Waals surface area contributed by atoms with Crippen LogP contribution in [0.25, 0.3) is 0 Å². The number of nitrogens with two attached hydrogens (primary N) is 1. The predicted molar refractivity (Wildman–Crippen MR) is 73.2 cm³/mol. The molecule has 0 aliphatic rings. The number of benzene rings is 1. The molecule has 94 valence electrons. The third-order valence-corrected chi connectivity index (χ3v) is 2.65. The highest BCUT2D eigenvalue weighted by atomic mass is 16.1. The van der Waals surface area contributed by atoms with Crippen LogP contribution in [0.4, 0.5) is 11.4 Å². The molecule has 0 spiro atoms. The van der Waals surface area contributed by atoms with Crippen molar-refractivity contribution in [3.05, 3.63) is 24.3 Å². The SMILES string of the molecule is CC(=O)CN(CCC(C)C)c1ccc(N)cc1. The minimum absolute atomic E-state index is 0.186. The lowest BCUT2D eigenvalue weighted by Crippen LogP contribution is -2.30. The summed E-state index contributed by atoms with van der Waals surface area (Å²) in [5.74, 6) is 0.823. The molecule has 2 N–H and O–H groups in total. The molecule has 0 aliphatic carbocycles. The van der Waals surface area contributed by atoms with Gasteiger partial charge < -0.3 is 10.6 Å². The Morgan fingerprint density at radius 3 is 2.35 bits per heavy atom. The van der Waals surface area contributed by atoms with Crippen LogP contribution in [-0.2, 0) is 4.79 Å². The summed E-state index contributed by atoms with van der Waals surface area (Å²) in [7, 11) is 0. The van der Waals surface area contributed by atoms with Crippen LogP contribution in [0.1, 0.15) is 27.2 Å². The van der Waals surface area contributed by atoms with Gasteiger partial charge in [-0.15, -0.1) is 0 Å². The van der Waals surface area contributed by atoms with Gasteiger partial charge in [0.15, 0.2) is 0 Å². The van der Waals surface area contributed by atoms with Gasteiger partial charge in [-0.3, -0.25) is 4.79 Å². The molecule has 0 aromatic heterocycles. The van der Waals surface area contributed by atoms with E-state index >= 15 is 0 Å². The van der Waals surface area contributed by atoms with Gasteiger partial charge >= 0.3 is 0 Å². The maximum absolute atomic E-state index is 11.3. The van der Waals surface area contributed by atoms with Gasteiger partial charge in [0.1, 0.15) is 5.78 Å². The zero-order valence-electron chi connectivity index (χ0n) is 10.9. The summed E-state index contributed by atoms with van der Waals surface area (Å²) in [5, 5.41) is 0. The molecule has 1 rings (SSSR count). The number of carbonyl (C=O) groups is 1. The zero-order chi connectivity index (χ0) is 12.8. The molecule has 0 unspecified atom stereocenters. The first-order valence-corrected chi connectivity index (χ1v) is 6.09. The van der Waals surface area contributed by atoms with Crippen LogP contribution in [0, 0.1) is 5.92 Å². The fourth-order valence-electron chi connectivity index (χ4n) is 1.67. The van der Waals surface area contributed by atoms with Crippen LogP contribution in [0.15, 0.2) is 24.3 Å². The van der Waals surface area contributed by atoms with Gasteiger partial charge in [0.25, 0.3) is 0 Å². The number of hydrogen-bond acceptors (Lipinski definition) is 3. The van der Waals surface area contributed by atoms with E-state index in [9.17, 15) is 4.79 Å². The predicted octanol–water partition coefficient (Wildman–Crippen LogP) is 2.71. The standard InChI is InChI=1S/C14H22N2O/c1-11(2)8-9-16(10-12(3)17)14-6-4-13(15)5-7-14/h4-7,11H,8-10,15H2,1-3H3. The normalized spacial score (nSPS) is 10.6. The lowest BCUT2D eigenvalue weighted by atomic mass is 10.1. The Balaban J connectivity index is 2.74. The van der Waals surface area contributed by atoms with E-state index in [1.807, 2.05) is 24.3 Å². The van der Waals surface area contributed by atoms with E-state index in [4.69, 9.17) is 5.73 Å². The van der Waals surface area contributed by atoms with Crippen molar-refractivity contribution in [3.63, 3.8) is 0 Å². The summed E-state index contributed by atoms with van der Waals surface area (Å²) in [6.45, 7) is 7.38. The van der Waals surface area contributed by atoms with Crippen molar-refractivity contribution >= 4 is 17.2 Å². The van der Waals surface area contributed by atoms with E-state index in [-0.39, 0.29) is 5.78 Å². The Morgan fingerprint density at radius 1 is 1.29 bits per heavy atom. The zero-order valence-corrected chi connectivity index (χ0v) is 10.9. The Kier molecular flexibility index (Phi) is 5.01. The lowest BCUT2D eigenvalue weighted by Gasteiger charge is -2.24. The Bertz CT molecular complexity index is 357. The van der Waals surface area contributed by atoms with E-state index in [0.717, 1.165) is 24.3 Å². The van der Waals surface area contributed by atoms with Crippen molar-refractivity contribution < 1.29 is 4.79 Å². The second-order valence-corrected chi connectivity index (χ2v) is 4.90. The molecule has 1 aromatic rings. The quantitative estimate of drug-likeness (QED) is 0.770. The Labute approximate surface area is 104 Å². The first-order chi connectivity index (χ1) is 7.99. The third kappa shape index (κ3) is 4.89. The third-order valence-electron chi connectivity index (χ3n) is 2.65. The van der Waals surface area contributed by atoms with E-state index in [2.05, 4.69) is 18.7 Å². The summed E-state index contributed by atoms with van der Waals surface area (Å²) in [6.07, 6.45) is 1.08. The van der Waals surface area contributed by atoms with Crippen molar-refractivity contribution in [2.24, 2.45) is 5.92 Å². The maximum atomic E-state index is 11.3. The molecule has 0 radical (unpaired) electrons. The molecular weight excluding hydrogens is 212 g/mol. The number of Topliss-reactive ketones (excluding diaryl/α,β-unsaturated/α-hetero) is 1. The van der Waals surface area contributed by atoms with Gasteiger partial charge in [0.2, 0.25) is 0 Å². The van der Waals surface area contributed by atoms with Crippen molar-refractivity contribution in [2.45, 2.75) is 27.2 Å². The largest absolute Gasteiger partial charge is 0.399 e. The molecule has 3 heteroatoms. The molecule has 0 saturated heterocycles. The number of nitrogens with zero attached hydrogens (tertiary/aromatic N) is 1. The fourth-order valence-corrected chi connectivity index (χ4v) is 1.67. The van der Waals surface area contributed by atoms with Crippen molar-refractivity contribution in [1.29, 1.82) is 0 Å². The van der Waals surface area contributed by atoms with Crippen LogP contribution >= 0.6 is 0 Å². The van der Waals surface area contributed by atoms with Crippen LogP contribution in [0.5, 0.6) is 0 Å². The number of anilines is 2. The number of hydrogen-bond donors (Lipinski definition) is 1. The lowest BCUT2D eigenvalue weighted by molar-refractivity contribution is -0.115. The highest BCUT2D eigenvalue weighted by Gasteiger charge is 2.09. The van der Waals surface area contributed by atoms with Crippen molar-refractivity contribution in [3.8, 4) is 0 Å². The fraction of sp³-hybridized carbons (Fsp3) is 0.500. The van der Waals surface area contributed by atoms with Gasteiger partial charge in [-0.2, -0.15) is 0 Å². The molecule has 1 aromatic carbocycles. The average Bonchev–Trinajstić information content (AvgIpc) is 2.25. The summed E-state index contributed by atoms with van der Waals surface area (Å²) in [5.41, 5.74) is 7.48. The smallest absolute Gasteiger partial charge is 0.149 e. The molecule has 0 heterocycles. The molecule has 0 saturated carbocycles. The second kappa shape index (κ2) is 6.28. The van der Waals surface area contributed by atoms with Gasteiger partial charge in [-0.25, -0.2) is 0 Å². The first kappa shape index (κ1) is 13.6. The molecule has 0 atom stereocenters. The summed E-state index contributed by atoms with van der Waals surface area (Å²) in [4.78, 5) is 13.4. The molecule has 3 nitrogen and oxygen atoms in total. The highest BCUT2D eigenvalue weighted by molar-refractivity contribution is 5.81. The van der Waals surface area contributed by atoms with Gasteiger partial charge in [0, 0.05) is 17.9 Å². The minimum atomic E-state index is 0.186. The van der Waals surface area contributed by atoms with E-state index < -0.39 is 0 Å². The second-order valence-electron chi connectivity index (χ2n) is 4.90. The molecule has 17 heavy (non-hydrogen) atoms. The number of carbonyl (C=O) groups excluding carboxylic acids is 1. The number of ketones is 1. The minimum Gasteiger partial charge on any atom is -0.399 e. The highest BCUT2D eigenvalue weighted by Crippen LogP contribution is 2.17. The molecule has 0 bridgehead atoms. The summed E-state index contributed by atoms with van der Waals surface area (Å²) >= 11 is 0. The van der Waals surface area contributed by atoms with Crippen LogP contribution in [-0.4, -0.2) is 18.9 Å². The van der Waals surface area contributed by atoms with E-state index in [1.165, 1.54) is 0 Å². The van der Waals surface area contributed by atoms with E-state index in [1.54, 1.807) is 6.92 Å². The topological polar surface area (TPSA) is 46.3 Å². The Morgan fingerprint density at radius 2 is 1.88 bits per heavy atom. The summed E-state index contributed by atoms with van der Waals surface area (Å²) < 4.78 is 0. The first-order valence-electron chi connectivity index (χ1n) is 6.09. The number of nitrogen functional groups attached to an aromatic ring is 1. The summed E-state index contributed by atoms with van der Waals surface area (Å²) in [6, 6.07) is 7.69. The van der Waals surface area contributed by atoms with Gasteiger partial charge in [-0.05, 0) is 43.5 Å². The molecular formula is C14H22N2O.